The fraction of sp³-hybridized carbons (Fsp3) is 0.292. The van der Waals surface area contributed by atoms with Crippen LogP contribution in [-0.4, -0.2) is 34.0 Å². The average Bonchev–Trinajstić information content (AvgIpc) is 3.24. The second kappa shape index (κ2) is 10.0. The number of amides is 1. The zero-order valence-corrected chi connectivity index (χ0v) is 20.0. The summed E-state index contributed by atoms with van der Waals surface area (Å²) >= 11 is 3.29. The Morgan fingerprint density at radius 2 is 1.78 bits per heavy atom. The van der Waals surface area contributed by atoms with E-state index < -0.39 is 9.84 Å². The number of rotatable bonds is 8. The molecule has 0 saturated heterocycles. The van der Waals surface area contributed by atoms with Crippen LogP contribution in [0.3, 0.4) is 0 Å². The van der Waals surface area contributed by atoms with Crippen molar-refractivity contribution in [3.63, 3.8) is 0 Å². The molecule has 1 aromatic heterocycles. The predicted molar refractivity (Wildman–Crippen MR) is 125 cm³/mol. The van der Waals surface area contributed by atoms with E-state index in [9.17, 15) is 13.2 Å². The Kier molecular flexibility index (Phi) is 7.13. The lowest BCUT2D eigenvalue weighted by molar-refractivity contribution is -0.916. The highest BCUT2D eigenvalue weighted by molar-refractivity contribution is 9.10. The van der Waals surface area contributed by atoms with E-state index in [0.717, 1.165) is 36.9 Å². The SMILES string of the molecule is O=C(NCCC[NH+]1CCc2ccccc2C1)c1ccc(CS(=O)(=O)c2ccc(Br)cc2)o1. The van der Waals surface area contributed by atoms with Crippen molar-refractivity contribution in [2.45, 2.75) is 30.0 Å². The molecule has 0 spiro atoms. The Morgan fingerprint density at radius 3 is 2.56 bits per heavy atom. The molecule has 0 bridgehead atoms. The van der Waals surface area contributed by atoms with Gasteiger partial charge in [0.1, 0.15) is 18.1 Å². The van der Waals surface area contributed by atoms with Crippen LogP contribution in [0.4, 0.5) is 0 Å². The second-order valence-corrected chi connectivity index (χ2v) is 10.9. The van der Waals surface area contributed by atoms with Crippen LogP contribution in [0.25, 0.3) is 0 Å². The molecule has 0 radical (unpaired) electrons. The monoisotopic (exact) mass is 517 g/mol. The van der Waals surface area contributed by atoms with Crippen molar-refractivity contribution in [1.82, 2.24) is 5.32 Å². The van der Waals surface area contributed by atoms with Gasteiger partial charge in [-0.15, -0.1) is 0 Å². The van der Waals surface area contributed by atoms with E-state index in [1.54, 1.807) is 30.3 Å². The summed E-state index contributed by atoms with van der Waals surface area (Å²) in [6, 6.07) is 18.1. The maximum atomic E-state index is 12.6. The minimum Gasteiger partial charge on any atom is -0.455 e. The molecule has 1 aliphatic heterocycles. The van der Waals surface area contributed by atoms with Crippen LogP contribution in [-0.2, 0) is 28.6 Å². The molecule has 0 aliphatic carbocycles. The molecule has 1 unspecified atom stereocenters. The summed E-state index contributed by atoms with van der Waals surface area (Å²) in [5, 5.41) is 2.87. The highest BCUT2D eigenvalue weighted by atomic mass is 79.9. The lowest BCUT2D eigenvalue weighted by Crippen LogP contribution is -3.11. The molecule has 2 aromatic carbocycles. The summed E-state index contributed by atoms with van der Waals surface area (Å²) in [5.41, 5.74) is 2.86. The van der Waals surface area contributed by atoms with Crippen molar-refractivity contribution in [2.75, 3.05) is 19.6 Å². The normalized spacial score (nSPS) is 15.8. The molecule has 0 fully saturated rings. The van der Waals surface area contributed by atoms with Crippen molar-refractivity contribution < 1.29 is 22.5 Å². The standard InChI is InChI=1S/C24H25BrN2O4S/c25-20-6-9-22(10-7-20)32(29,30)17-21-8-11-23(31-21)24(28)26-13-3-14-27-15-12-18-4-1-2-5-19(18)16-27/h1-2,4-11H,3,12-17H2,(H,26,28)/p+1. The number of fused-ring (bicyclic) bond motifs is 1. The van der Waals surface area contributed by atoms with Crippen LogP contribution in [0, 0.1) is 0 Å². The summed E-state index contributed by atoms with van der Waals surface area (Å²) in [7, 11) is -3.55. The Hall–Kier alpha value is -2.42. The summed E-state index contributed by atoms with van der Waals surface area (Å²) in [6.07, 6.45) is 1.96. The maximum absolute atomic E-state index is 12.6. The van der Waals surface area contributed by atoms with Gasteiger partial charge in [0, 0.05) is 29.4 Å². The van der Waals surface area contributed by atoms with Crippen LogP contribution in [0.2, 0.25) is 0 Å². The van der Waals surface area contributed by atoms with Gasteiger partial charge in [-0.1, -0.05) is 40.2 Å². The smallest absolute Gasteiger partial charge is 0.286 e. The molecule has 32 heavy (non-hydrogen) atoms. The number of hydrogen-bond donors (Lipinski definition) is 2. The van der Waals surface area contributed by atoms with E-state index in [1.165, 1.54) is 22.1 Å². The van der Waals surface area contributed by atoms with E-state index in [-0.39, 0.29) is 28.1 Å². The number of benzene rings is 2. The molecule has 2 N–H and O–H groups in total. The molecule has 4 rings (SSSR count). The van der Waals surface area contributed by atoms with Gasteiger partial charge in [-0.25, -0.2) is 8.42 Å². The van der Waals surface area contributed by atoms with Crippen molar-refractivity contribution in [3.8, 4) is 0 Å². The molecule has 1 atom stereocenters. The first-order valence-electron chi connectivity index (χ1n) is 10.7. The van der Waals surface area contributed by atoms with Gasteiger partial charge < -0.3 is 14.6 Å². The Morgan fingerprint density at radius 1 is 1.03 bits per heavy atom. The zero-order chi connectivity index (χ0) is 22.6. The average molecular weight is 518 g/mol. The van der Waals surface area contributed by atoms with Crippen LogP contribution in [0.5, 0.6) is 0 Å². The number of nitrogens with one attached hydrogen (secondary N) is 2. The summed E-state index contributed by atoms with van der Waals surface area (Å²) in [6.45, 7) is 3.68. The summed E-state index contributed by atoms with van der Waals surface area (Å²) in [5.74, 6) is -0.238. The molecule has 0 saturated carbocycles. The first-order valence-corrected chi connectivity index (χ1v) is 13.1. The van der Waals surface area contributed by atoms with Gasteiger partial charge in [0.15, 0.2) is 15.6 Å². The highest BCUT2D eigenvalue weighted by Gasteiger charge is 2.20. The third kappa shape index (κ3) is 5.68. The van der Waals surface area contributed by atoms with E-state index in [0.29, 0.717) is 6.54 Å². The summed E-state index contributed by atoms with van der Waals surface area (Å²) < 4.78 is 31.4. The van der Waals surface area contributed by atoms with Crippen LogP contribution >= 0.6 is 15.9 Å². The van der Waals surface area contributed by atoms with Gasteiger partial charge in [-0.2, -0.15) is 0 Å². The lowest BCUT2D eigenvalue weighted by Gasteiger charge is -2.25. The summed E-state index contributed by atoms with van der Waals surface area (Å²) in [4.78, 5) is 14.1. The minimum absolute atomic E-state index is 0.130. The number of hydrogen-bond acceptors (Lipinski definition) is 4. The largest absolute Gasteiger partial charge is 0.455 e. The van der Waals surface area contributed by atoms with E-state index in [2.05, 4.69) is 45.5 Å². The predicted octanol–water partition coefficient (Wildman–Crippen LogP) is 2.78. The molecule has 8 heteroatoms. The number of sulfone groups is 1. The first kappa shape index (κ1) is 22.8. The molecule has 168 valence electrons. The van der Waals surface area contributed by atoms with Gasteiger partial charge in [0.25, 0.3) is 5.91 Å². The molecule has 6 nitrogen and oxygen atoms in total. The lowest BCUT2D eigenvalue weighted by atomic mass is 10.00. The number of carbonyl (C=O) groups excluding carboxylic acids is 1. The van der Waals surface area contributed by atoms with Crippen LogP contribution < -0.4 is 10.2 Å². The number of furan rings is 1. The molecule has 1 amide bonds. The maximum Gasteiger partial charge on any atom is 0.286 e. The fourth-order valence-electron chi connectivity index (χ4n) is 3.97. The van der Waals surface area contributed by atoms with Crippen molar-refractivity contribution in [2.24, 2.45) is 0 Å². The van der Waals surface area contributed by atoms with Crippen LogP contribution in [0.1, 0.15) is 33.9 Å². The molecule has 2 heterocycles. The van der Waals surface area contributed by atoms with E-state index in [1.807, 2.05) is 0 Å². The zero-order valence-electron chi connectivity index (χ0n) is 17.6. The Labute approximate surface area is 196 Å². The third-order valence-electron chi connectivity index (χ3n) is 5.69. The van der Waals surface area contributed by atoms with Gasteiger partial charge >= 0.3 is 0 Å². The Balaban J connectivity index is 1.24. The molecular weight excluding hydrogens is 492 g/mol. The third-order valence-corrected chi connectivity index (χ3v) is 7.87. The van der Waals surface area contributed by atoms with Gasteiger partial charge in [-0.3, -0.25) is 4.79 Å². The Bertz CT molecular complexity index is 1190. The van der Waals surface area contributed by atoms with E-state index in [4.69, 9.17) is 4.42 Å². The molecule has 1 aliphatic rings. The van der Waals surface area contributed by atoms with Gasteiger partial charge in [-0.05, 0) is 42.0 Å². The topological polar surface area (TPSA) is 80.8 Å². The van der Waals surface area contributed by atoms with Crippen molar-refractivity contribution in [1.29, 1.82) is 0 Å². The second-order valence-electron chi connectivity index (χ2n) is 8.03. The molecular formula is C24H26BrN2O4S+. The fourth-order valence-corrected chi connectivity index (χ4v) is 5.49. The molecule has 3 aromatic rings. The van der Waals surface area contributed by atoms with E-state index >= 15 is 0 Å². The van der Waals surface area contributed by atoms with Gasteiger partial charge in [0.2, 0.25) is 0 Å². The van der Waals surface area contributed by atoms with Gasteiger partial charge in [0.05, 0.1) is 18.0 Å². The number of carbonyl (C=O) groups is 1. The van der Waals surface area contributed by atoms with Crippen molar-refractivity contribution >= 4 is 31.7 Å². The number of halogens is 1. The van der Waals surface area contributed by atoms with Crippen LogP contribution in [0.15, 0.2) is 74.4 Å². The van der Waals surface area contributed by atoms with Crippen molar-refractivity contribution in [3.05, 3.63) is 87.8 Å². The highest BCUT2D eigenvalue weighted by Crippen LogP contribution is 2.20. The minimum atomic E-state index is -3.55. The quantitative estimate of drug-likeness (QED) is 0.450. The first-order chi connectivity index (χ1) is 15.4. The number of quaternary nitrogens is 1.